The first-order chi connectivity index (χ1) is 8.93. The van der Waals surface area contributed by atoms with Crippen LogP contribution in [0.2, 0.25) is 0 Å². The van der Waals surface area contributed by atoms with E-state index in [1.807, 2.05) is 6.07 Å². The molecule has 4 nitrogen and oxygen atoms in total. The van der Waals surface area contributed by atoms with Crippen LogP contribution in [0.5, 0.6) is 0 Å². The van der Waals surface area contributed by atoms with Gasteiger partial charge >= 0.3 is 0 Å². The minimum Gasteiger partial charge on any atom is -0.399 e. The minimum atomic E-state index is -0.0986. The lowest BCUT2D eigenvalue weighted by Crippen LogP contribution is -2.22. The third-order valence-electron chi connectivity index (χ3n) is 3.09. The quantitative estimate of drug-likeness (QED) is 0.691. The Morgan fingerprint density at radius 1 is 1.26 bits per heavy atom. The molecule has 19 heavy (non-hydrogen) atoms. The van der Waals surface area contributed by atoms with Gasteiger partial charge in [-0.1, -0.05) is 13.8 Å². The third-order valence-corrected chi connectivity index (χ3v) is 3.09. The van der Waals surface area contributed by atoms with Gasteiger partial charge in [-0.2, -0.15) is 0 Å². The molecule has 106 valence electrons. The van der Waals surface area contributed by atoms with Gasteiger partial charge < -0.3 is 16.4 Å². The van der Waals surface area contributed by atoms with E-state index < -0.39 is 0 Å². The lowest BCUT2D eigenvalue weighted by Gasteiger charge is -2.19. The van der Waals surface area contributed by atoms with Crippen molar-refractivity contribution in [2.75, 3.05) is 18.1 Å². The van der Waals surface area contributed by atoms with Crippen LogP contribution in [0.25, 0.3) is 0 Å². The Labute approximate surface area is 115 Å². The molecule has 1 unspecified atom stereocenters. The lowest BCUT2D eigenvalue weighted by atomic mass is 10.0. The maximum absolute atomic E-state index is 11.8. The van der Waals surface area contributed by atoms with E-state index in [1.54, 1.807) is 19.2 Å². The molecule has 4 N–H and O–H groups in total. The number of carbonyl (C=O) groups is 1. The first-order valence-corrected chi connectivity index (χ1v) is 6.82. The molecule has 1 amide bonds. The second kappa shape index (κ2) is 7.02. The monoisotopic (exact) mass is 263 g/mol. The molecule has 1 aromatic rings. The van der Waals surface area contributed by atoms with Gasteiger partial charge in [0, 0.05) is 24.5 Å². The summed E-state index contributed by atoms with van der Waals surface area (Å²) in [5, 5.41) is 6.03. The van der Waals surface area contributed by atoms with Crippen LogP contribution in [0.1, 0.15) is 44.0 Å². The van der Waals surface area contributed by atoms with Gasteiger partial charge in [0.05, 0.1) is 5.56 Å². The molecule has 1 atom stereocenters. The predicted molar refractivity (Wildman–Crippen MR) is 81.4 cm³/mol. The summed E-state index contributed by atoms with van der Waals surface area (Å²) in [5.41, 5.74) is 7.89. The number of hydrogen-bond acceptors (Lipinski definition) is 3. The summed E-state index contributed by atoms with van der Waals surface area (Å²) in [6.07, 6.45) is 2.23. The van der Waals surface area contributed by atoms with E-state index in [1.165, 1.54) is 0 Å². The molecule has 0 heterocycles. The molecule has 1 rings (SSSR count). The normalized spacial score (nSPS) is 12.3. The molecule has 0 fully saturated rings. The third kappa shape index (κ3) is 4.81. The molecule has 0 aliphatic heterocycles. The van der Waals surface area contributed by atoms with Crippen molar-refractivity contribution in [3.05, 3.63) is 23.8 Å². The molecule has 0 aromatic heterocycles. The number of carbonyl (C=O) groups excluding carboxylic acids is 1. The Balaban J connectivity index is 2.80. The predicted octanol–water partition coefficient (Wildman–Crippen LogP) is 2.87. The van der Waals surface area contributed by atoms with Crippen molar-refractivity contribution in [1.82, 2.24) is 5.32 Å². The Morgan fingerprint density at radius 2 is 1.95 bits per heavy atom. The van der Waals surface area contributed by atoms with Crippen molar-refractivity contribution >= 4 is 17.3 Å². The van der Waals surface area contributed by atoms with Crippen LogP contribution >= 0.6 is 0 Å². The molecular formula is C15H25N3O. The minimum absolute atomic E-state index is 0.0986. The van der Waals surface area contributed by atoms with Crippen LogP contribution in [-0.4, -0.2) is 19.0 Å². The van der Waals surface area contributed by atoms with E-state index in [0.29, 0.717) is 23.2 Å². The van der Waals surface area contributed by atoms with Crippen LogP contribution in [0.4, 0.5) is 11.4 Å². The van der Waals surface area contributed by atoms with Crippen LogP contribution in [0.3, 0.4) is 0 Å². The number of nitrogen functional groups attached to an aromatic ring is 1. The highest BCUT2D eigenvalue weighted by Crippen LogP contribution is 2.21. The fraction of sp³-hybridized carbons (Fsp3) is 0.533. The van der Waals surface area contributed by atoms with E-state index in [4.69, 9.17) is 5.73 Å². The molecule has 4 heteroatoms. The summed E-state index contributed by atoms with van der Waals surface area (Å²) in [4.78, 5) is 11.8. The Bertz CT molecular complexity index is 429. The van der Waals surface area contributed by atoms with E-state index in [9.17, 15) is 4.79 Å². The van der Waals surface area contributed by atoms with Gasteiger partial charge in [-0.3, -0.25) is 4.79 Å². The van der Waals surface area contributed by atoms with Gasteiger partial charge in [0.2, 0.25) is 0 Å². The lowest BCUT2D eigenvalue weighted by molar-refractivity contribution is 0.0964. The zero-order chi connectivity index (χ0) is 14.4. The highest BCUT2D eigenvalue weighted by Gasteiger charge is 2.12. The van der Waals surface area contributed by atoms with Crippen molar-refractivity contribution in [2.45, 2.75) is 39.7 Å². The van der Waals surface area contributed by atoms with Crippen LogP contribution < -0.4 is 16.4 Å². The number of rotatable bonds is 6. The van der Waals surface area contributed by atoms with Crippen LogP contribution in [-0.2, 0) is 0 Å². The second-order valence-electron chi connectivity index (χ2n) is 5.40. The summed E-state index contributed by atoms with van der Waals surface area (Å²) in [6, 6.07) is 5.63. The summed E-state index contributed by atoms with van der Waals surface area (Å²) < 4.78 is 0. The maximum atomic E-state index is 11.8. The molecule has 0 saturated carbocycles. The fourth-order valence-electron chi connectivity index (χ4n) is 1.93. The topological polar surface area (TPSA) is 67.2 Å². The zero-order valence-corrected chi connectivity index (χ0v) is 12.3. The average molecular weight is 263 g/mol. The van der Waals surface area contributed by atoms with E-state index in [2.05, 4.69) is 31.4 Å². The Kier molecular flexibility index (Phi) is 5.67. The summed E-state index contributed by atoms with van der Waals surface area (Å²) >= 11 is 0. The standard InChI is InChI=1S/C15H25N3O/c1-10(2)5-6-11(3)18-14-9-12(16)7-8-13(14)15(19)17-4/h7-11,18H,5-6,16H2,1-4H3,(H,17,19). The van der Waals surface area contributed by atoms with Crippen molar-refractivity contribution in [1.29, 1.82) is 0 Å². The van der Waals surface area contributed by atoms with Gasteiger partial charge in [-0.15, -0.1) is 0 Å². The van der Waals surface area contributed by atoms with Gasteiger partial charge in [0.25, 0.3) is 5.91 Å². The molecule has 0 spiro atoms. The molecule has 0 bridgehead atoms. The first kappa shape index (κ1) is 15.3. The van der Waals surface area contributed by atoms with Crippen molar-refractivity contribution < 1.29 is 4.79 Å². The van der Waals surface area contributed by atoms with Crippen LogP contribution in [0.15, 0.2) is 18.2 Å². The number of nitrogens with two attached hydrogens (primary N) is 1. The Morgan fingerprint density at radius 3 is 2.53 bits per heavy atom. The summed E-state index contributed by atoms with van der Waals surface area (Å²) in [7, 11) is 1.63. The van der Waals surface area contributed by atoms with E-state index >= 15 is 0 Å². The van der Waals surface area contributed by atoms with Crippen molar-refractivity contribution in [3.8, 4) is 0 Å². The van der Waals surface area contributed by atoms with Crippen LogP contribution in [0, 0.1) is 5.92 Å². The molecule has 1 aromatic carbocycles. The molecule has 0 aliphatic carbocycles. The summed E-state index contributed by atoms with van der Waals surface area (Å²) in [5.74, 6) is 0.585. The molecule has 0 aliphatic rings. The average Bonchev–Trinajstić information content (AvgIpc) is 2.35. The maximum Gasteiger partial charge on any atom is 0.253 e. The number of nitrogens with one attached hydrogen (secondary N) is 2. The fourth-order valence-corrected chi connectivity index (χ4v) is 1.93. The SMILES string of the molecule is CNC(=O)c1ccc(N)cc1NC(C)CCC(C)C. The van der Waals surface area contributed by atoms with E-state index in [0.717, 1.165) is 18.5 Å². The Hall–Kier alpha value is -1.71. The molecular weight excluding hydrogens is 238 g/mol. The van der Waals surface area contributed by atoms with Gasteiger partial charge in [-0.25, -0.2) is 0 Å². The zero-order valence-electron chi connectivity index (χ0n) is 12.3. The second-order valence-corrected chi connectivity index (χ2v) is 5.40. The van der Waals surface area contributed by atoms with Gasteiger partial charge in [-0.05, 0) is 43.9 Å². The highest BCUT2D eigenvalue weighted by molar-refractivity contribution is 6.00. The summed E-state index contributed by atoms with van der Waals surface area (Å²) in [6.45, 7) is 6.55. The number of amides is 1. The van der Waals surface area contributed by atoms with Crippen molar-refractivity contribution in [2.24, 2.45) is 5.92 Å². The van der Waals surface area contributed by atoms with E-state index in [-0.39, 0.29) is 5.91 Å². The van der Waals surface area contributed by atoms with Gasteiger partial charge in [0.15, 0.2) is 0 Å². The molecule has 0 saturated heterocycles. The number of anilines is 2. The molecule has 0 radical (unpaired) electrons. The van der Waals surface area contributed by atoms with Crippen molar-refractivity contribution in [3.63, 3.8) is 0 Å². The largest absolute Gasteiger partial charge is 0.399 e. The number of hydrogen-bond donors (Lipinski definition) is 3. The number of benzene rings is 1. The highest BCUT2D eigenvalue weighted by atomic mass is 16.1. The smallest absolute Gasteiger partial charge is 0.253 e. The first-order valence-electron chi connectivity index (χ1n) is 6.82. The van der Waals surface area contributed by atoms with Gasteiger partial charge in [0.1, 0.15) is 0 Å².